The minimum atomic E-state index is -0.219. The number of anilines is 1. The van der Waals surface area contributed by atoms with Crippen molar-refractivity contribution in [2.45, 2.75) is 6.42 Å². The second-order valence-electron chi connectivity index (χ2n) is 4.55. The van der Waals surface area contributed by atoms with Crippen LogP contribution in [-0.2, 0) is 6.42 Å². The van der Waals surface area contributed by atoms with Crippen LogP contribution < -0.4 is 11.1 Å². The molecule has 2 aromatic heterocycles. The number of nitrogens with one attached hydrogen (secondary N) is 1. The Bertz CT molecular complexity index is 770. The van der Waals surface area contributed by atoms with Gasteiger partial charge in [0, 0.05) is 29.9 Å². The van der Waals surface area contributed by atoms with Gasteiger partial charge in [0.15, 0.2) is 0 Å². The zero-order chi connectivity index (χ0) is 14.7. The predicted molar refractivity (Wildman–Crippen MR) is 84.3 cm³/mol. The Kier molecular flexibility index (Phi) is 3.79. The van der Waals surface area contributed by atoms with Crippen LogP contribution in [0.2, 0.25) is 0 Å². The lowest BCUT2D eigenvalue weighted by Crippen LogP contribution is -2.26. The fourth-order valence-electron chi connectivity index (χ4n) is 2.09. The van der Waals surface area contributed by atoms with Crippen LogP contribution in [0, 0.1) is 0 Å². The lowest BCUT2D eigenvalue weighted by Gasteiger charge is -2.07. The molecule has 0 saturated carbocycles. The number of benzene rings is 1. The Labute approximate surface area is 125 Å². The summed E-state index contributed by atoms with van der Waals surface area (Å²) in [6, 6.07) is 9.37. The molecular weight excluding hydrogens is 284 g/mol. The molecule has 0 aliphatic carbocycles. The lowest BCUT2D eigenvalue weighted by molar-refractivity contribution is 0.0949. The Hall–Kier alpha value is -2.47. The number of pyridine rings is 1. The average Bonchev–Trinajstić information content (AvgIpc) is 3.00. The molecule has 0 radical (unpaired) electrons. The van der Waals surface area contributed by atoms with E-state index in [9.17, 15) is 4.79 Å². The van der Waals surface area contributed by atoms with E-state index in [0.29, 0.717) is 24.5 Å². The zero-order valence-electron chi connectivity index (χ0n) is 11.2. The van der Waals surface area contributed by atoms with Crippen molar-refractivity contribution in [2.24, 2.45) is 0 Å². The van der Waals surface area contributed by atoms with E-state index in [-0.39, 0.29) is 5.91 Å². The maximum Gasteiger partial charge on any atom is 0.270 e. The maximum absolute atomic E-state index is 12.1. The third-order valence-corrected chi connectivity index (χ3v) is 3.95. The van der Waals surface area contributed by atoms with Crippen LogP contribution in [0.3, 0.4) is 0 Å². The van der Waals surface area contributed by atoms with Gasteiger partial charge in [0.1, 0.15) is 11.5 Å². The number of hydrogen-bond donors (Lipinski definition) is 2. The number of thiazole rings is 1. The summed E-state index contributed by atoms with van der Waals surface area (Å²) >= 11 is 1.58. The van der Waals surface area contributed by atoms with E-state index in [1.807, 2.05) is 29.6 Å². The van der Waals surface area contributed by atoms with Crippen LogP contribution in [0.25, 0.3) is 10.8 Å². The van der Waals surface area contributed by atoms with E-state index in [1.165, 1.54) is 0 Å². The number of nitrogen functional groups attached to an aromatic ring is 1. The largest absolute Gasteiger partial charge is 0.383 e. The number of nitrogens with two attached hydrogens (primary N) is 1. The van der Waals surface area contributed by atoms with E-state index in [2.05, 4.69) is 15.3 Å². The van der Waals surface area contributed by atoms with Gasteiger partial charge in [-0.3, -0.25) is 4.79 Å². The van der Waals surface area contributed by atoms with Gasteiger partial charge in [-0.15, -0.1) is 11.3 Å². The summed E-state index contributed by atoms with van der Waals surface area (Å²) in [6.07, 6.45) is 2.47. The Balaban J connectivity index is 1.72. The van der Waals surface area contributed by atoms with Gasteiger partial charge >= 0.3 is 0 Å². The van der Waals surface area contributed by atoms with Crippen LogP contribution in [-0.4, -0.2) is 22.4 Å². The van der Waals surface area contributed by atoms with Crippen LogP contribution in [0.5, 0.6) is 0 Å². The first-order valence-electron chi connectivity index (χ1n) is 6.56. The van der Waals surface area contributed by atoms with Crippen molar-refractivity contribution < 1.29 is 4.79 Å². The molecule has 3 aromatic rings. The molecule has 0 saturated heterocycles. The van der Waals surface area contributed by atoms with Crippen molar-refractivity contribution in [2.75, 3.05) is 12.3 Å². The quantitative estimate of drug-likeness (QED) is 0.774. The molecule has 21 heavy (non-hydrogen) atoms. The molecule has 1 amide bonds. The van der Waals surface area contributed by atoms with E-state index >= 15 is 0 Å². The van der Waals surface area contributed by atoms with Gasteiger partial charge in [-0.1, -0.05) is 24.3 Å². The molecule has 0 unspecified atom stereocenters. The van der Waals surface area contributed by atoms with Crippen LogP contribution in [0.15, 0.2) is 41.9 Å². The van der Waals surface area contributed by atoms with Gasteiger partial charge in [-0.05, 0) is 11.5 Å². The van der Waals surface area contributed by atoms with Crippen molar-refractivity contribution in [3.63, 3.8) is 0 Å². The van der Waals surface area contributed by atoms with E-state index in [1.54, 1.807) is 23.6 Å². The summed E-state index contributed by atoms with van der Waals surface area (Å²) in [5.74, 6) is 0.155. The monoisotopic (exact) mass is 298 g/mol. The SMILES string of the molecule is Nc1nc(C(=O)NCCc2nccs2)cc2ccccc12. The smallest absolute Gasteiger partial charge is 0.270 e. The van der Waals surface area contributed by atoms with Crippen molar-refractivity contribution in [3.8, 4) is 0 Å². The lowest BCUT2D eigenvalue weighted by atomic mass is 10.1. The molecule has 0 spiro atoms. The highest BCUT2D eigenvalue weighted by molar-refractivity contribution is 7.09. The molecular formula is C15H14N4OS. The Morgan fingerprint density at radius 1 is 1.33 bits per heavy atom. The fourth-order valence-corrected chi connectivity index (χ4v) is 2.71. The third kappa shape index (κ3) is 3.00. The molecule has 5 nitrogen and oxygen atoms in total. The van der Waals surface area contributed by atoms with Gasteiger partial charge in [0.2, 0.25) is 0 Å². The Morgan fingerprint density at radius 3 is 3.00 bits per heavy atom. The zero-order valence-corrected chi connectivity index (χ0v) is 12.1. The molecule has 0 aliphatic heterocycles. The summed E-state index contributed by atoms with van der Waals surface area (Å²) in [5.41, 5.74) is 6.24. The topological polar surface area (TPSA) is 80.9 Å². The number of nitrogens with zero attached hydrogens (tertiary/aromatic N) is 2. The highest BCUT2D eigenvalue weighted by atomic mass is 32.1. The standard InChI is InChI=1S/C15H14N4OS/c16-14-11-4-2-1-3-10(11)9-12(19-14)15(20)18-6-5-13-17-7-8-21-13/h1-4,7-9H,5-6H2,(H2,16,19)(H,18,20). The second kappa shape index (κ2) is 5.88. The van der Waals surface area contributed by atoms with Crippen molar-refractivity contribution in [1.82, 2.24) is 15.3 Å². The van der Waals surface area contributed by atoms with Gasteiger partial charge in [0.05, 0.1) is 5.01 Å². The normalized spacial score (nSPS) is 10.7. The number of carbonyl (C=O) groups excluding carboxylic acids is 1. The molecule has 1 aromatic carbocycles. The van der Waals surface area contributed by atoms with E-state index < -0.39 is 0 Å². The number of aromatic nitrogens is 2. The van der Waals surface area contributed by atoms with Crippen LogP contribution >= 0.6 is 11.3 Å². The molecule has 0 atom stereocenters. The molecule has 0 aliphatic rings. The summed E-state index contributed by atoms with van der Waals surface area (Å²) in [6.45, 7) is 0.529. The van der Waals surface area contributed by atoms with Crippen LogP contribution in [0.4, 0.5) is 5.82 Å². The van der Waals surface area contributed by atoms with E-state index in [0.717, 1.165) is 15.8 Å². The van der Waals surface area contributed by atoms with Gasteiger partial charge in [-0.2, -0.15) is 0 Å². The summed E-state index contributed by atoms with van der Waals surface area (Å²) < 4.78 is 0. The minimum Gasteiger partial charge on any atom is -0.383 e. The summed E-state index contributed by atoms with van der Waals surface area (Å²) in [7, 11) is 0. The fraction of sp³-hybridized carbons (Fsp3) is 0.133. The Morgan fingerprint density at radius 2 is 2.19 bits per heavy atom. The molecule has 6 heteroatoms. The molecule has 3 rings (SSSR count). The first kappa shape index (κ1) is 13.5. The second-order valence-corrected chi connectivity index (χ2v) is 5.52. The van der Waals surface area contributed by atoms with E-state index in [4.69, 9.17) is 5.73 Å². The first-order valence-corrected chi connectivity index (χ1v) is 7.44. The minimum absolute atomic E-state index is 0.219. The highest BCUT2D eigenvalue weighted by Crippen LogP contribution is 2.19. The number of carbonyl (C=O) groups is 1. The molecule has 2 heterocycles. The van der Waals surface area contributed by atoms with Crippen molar-refractivity contribution in [3.05, 3.63) is 52.6 Å². The average molecular weight is 298 g/mol. The van der Waals surface area contributed by atoms with Crippen LogP contribution in [0.1, 0.15) is 15.5 Å². The number of fused-ring (bicyclic) bond motifs is 1. The number of hydrogen-bond acceptors (Lipinski definition) is 5. The van der Waals surface area contributed by atoms with Crippen molar-refractivity contribution in [1.29, 1.82) is 0 Å². The summed E-state index contributed by atoms with van der Waals surface area (Å²) in [4.78, 5) is 20.5. The van der Waals surface area contributed by atoms with Gasteiger partial charge in [-0.25, -0.2) is 9.97 Å². The highest BCUT2D eigenvalue weighted by Gasteiger charge is 2.10. The third-order valence-electron chi connectivity index (χ3n) is 3.11. The van der Waals surface area contributed by atoms with Crippen molar-refractivity contribution >= 4 is 33.8 Å². The number of amides is 1. The molecule has 0 bridgehead atoms. The maximum atomic E-state index is 12.1. The van der Waals surface area contributed by atoms with Gasteiger partial charge < -0.3 is 11.1 Å². The predicted octanol–water partition coefficient (Wildman–Crippen LogP) is 2.25. The molecule has 3 N–H and O–H groups in total. The molecule has 0 fully saturated rings. The van der Waals surface area contributed by atoms with Gasteiger partial charge in [0.25, 0.3) is 5.91 Å². The first-order chi connectivity index (χ1) is 10.2. The molecule has 106 valence electrons. The number of rotatable bonds is 4. The summed E-state index contributed by atoms with van der Waals surface area (Å²) in [5, 5.41) is 7.53.